The monoisotopic (exact) mass is 407 g/mol. The molecule has 1 rings (SSSR count). The third-order valence-corrected chi connectivity index (χ3v) is 2.35. The maximum Gasteiger partial charge on any atom is 0.0853 e. The van der Waals surface area contributed by atoms with Gasteiger partial charge in [-0.15, -0.1) is 0 Å². The molecule has 1 N–H and O–H groups in total. The second kappa shape index (κ2) is 31.5. The molecule has 20 heavy (non-hydrogen) atoms. The van der Waals surface area contributed by atoms with Crippen molar-refractivity contribution in [1.29, 1.82) is 0 Å². The first-order valence-corrected chi connectivity index (χ1v) is 8.05. The summed E-state index contributed by atoms with van der Waals surface area (Å²) in [5.74, 6) is 0. The molecular weight excluding hydrogens is 372 g/mol. The van der Waals surface area contributed by atoms with E-state index in [2.05, 4.69) is 52.6 Å². The summed E-state index contributed by atoms with van der Waals surface area (Å²) >= 11 is 5.46. The Hall–Kier alpha value is 0.149. The molecule has 118 valence electrons. The van der Waals surface area contributed by atoms with Crippen LogP contribution in [0, 0.1) is 0 Å². The van der Waals surface area contributed by atoms with Gasteiger partial charge in [0.15, 0.2) is 0 Å². The van der Waals surface area contributed by atoms with Crippen molar-refractivity contribution in [3.05, 3.63) is 29.2 Å². The minimum atomic E-state index is 0. The SMILES string of the molecule is CCCC.CCCC.CCCC.ClC1=C=CNC=C1.[Sn]. The van der Waals surface area contributed by atoms with Gasteiger partial charge in [-0.2, -0.15) is 0 Å². The quantitative estimate of drug-likeness (QED) is 0.424. The van der Waals surface area contributed by atoms with E-state index < -0.39 is 0 Å². The van der Waals surface area contributed by atoms with Crippen molar-refractivity contribution in [3.8, 4) is 0 Å². The fourth-order valence-electron chi connectivity index (χ4n) is 0.328. The summed E-state index contributed by atoms with van der Waals surface area (Å²) in [6.07, 6.45) is 13.1. The van der Waals surface area contributed by atoms with Gasteiger partial charge < -0.3 is 5.32 Å². The third kappa shape index (κ3) is 42.9. The first kappa shape index (κ1) is 28.3. The third-order valence-electron chi connectivity index (χ3n) is 2.12. The Bertz CT molecular complexity index is 216. The molecule has 0 spiro atoms. The molecule has 0 fully saturated rings. The molecule has 0 saturated carbocycles. The number of unbranched alkanes of at least 4 members (excludes halogenated alkanes) is 3. The number of halogens is 1. The maximum absolute atomic E-state index is 5.46. The number of hydrogen-bond donors (Lipinski definition) is 1. The normalized spacial score (nSPS) is 10.1. The Morgan fingerprint density at radius 3 is 1.30 bits per heavy atom. The summed E-state index contributed by atoms with van der Waals surface area (Å²) in [7, 11) is 0. The van der Waals surface area contributed by atoms with Crippen LogP contribution in [0.1, 0.15) is 80.1 Å². The van der Waals surface area contributed by atoms with Gasteiger partial charge in [0.2, 0.25) is 0 Å². The molecule has 0 aromatic rings. The van der Waals surface area contributed by atoms with Gasteiger partial charge in [-0.3, -0.25) is 0 Å². The van der Waals surface area contributed by atoms with Gasteiger partial charge in [-0.1, -0.05) is 97.4 Å². The Morgan fingerprint density at radius 1 is 0.850 bits per heavy atom. The molecule has 1 aliphatic rings. The van der Waals surface area contributed by atoms with Gasteiger partial charge in [0.25, 0.3) is 0 Å². The zero-order valence-electron chi connectivity index (χ0n) is 14.4. The zero-order valence-corrected chi connectivity index (χ0v) is 18.0. The molecule has 0 aliphatic carbocycles. The molecule has 0 aromatic carbocycles. The van der Waals surface area contributed by atoms with Crippen molar-refractivity contribution in [1.82, 2.24) is 5.32 Å². The fraction of sp³-hybridized carbons (Fsp3) is 0.706. The molecule has 0 unspecified atom stereocenters. The van der Waals surface area contributed by atoms with E-state index in [1.54, 1.807) is 18.5 Å². The molecule has 3 heteroatoms. The first-order valence-electron chi connectivity index (χ1n) is 7.67. The van der Waals surface area contributed by atoms with Crippen LogP contribution in [0.4, 0.5) is 0 Å². The number of rotatable bonds is 3. The largest absolute Gasteiger partial charge is 0.361 e. The summed E-state index contributed by atoms with van der Waals surface area (Å²) in [6.45, 7) is 13.1. The van der Waals surface area contributed by atoms with Crippen LogP contribution in [-0.2, 0) is 0 Å². The predicted molar refractivity (Wildman–Crippen MR) is 97.2 cm³/mol. The predicted octanol–water partition coefficient (Wildman–Crippen LogP) is 6.38. The van der Waals surface area contributed by atoms with Crippen molar-refractivity contribution in [3.63, 3.8) is 0 Å². The Balaban J connectivity index is -0.0000000881. The summed E-state index contributed by atoms with van der Waals surface area (Å²) in [6, 6.07) is 0. The average molecular weight is 407 g/mol. The Labute approximate surface area is 149 Å². The van der Waals surface area contributed by atoms with Gasteiger partial charge in [-0.05, 0) is 6.08 Å². The molecule has 0 saturated heterocycles. The van der Waals surface area contributed by atoms with Crippen molar-refractivity contribution < 1.29 is 0 Å². The van der Waals surface area contributed by atoms with E-state index in [9.17, 15) is 0 Å². The molecule has 0 bridgehead atoms. The smallest absolute Gasteiger partial charge is 0.0853 e. The molecule has 0 atom stereocenters. The van der Waals surface area contributed by atoms with Crippen molar-refractivity contribution >= 4 is 35.5 Å². The standard InChI is InChI=1S/C5H4ClN.3C4H10.Sn/c6-5-1-3-7-4-2-5;3*1-3-4-2;/h1,3-4,7H;3*3-4H2,1-2H3;. The average Bonchev–Trinajstić information content (AvgIpc) is 2.48. The second-order valence-corrected chi connectivity index (χ2v) is 4.54. The molecule has 0 amide bonds. The van der Waals surface area contributed by atoms with Crippen molar-refractivity contribution in [2.24, 2.45) is 0 Å². The van der Waals surface area contributed by atoms with Crippen LogP contribution in [0.25, 0.3) is 0 Å². The van der Waals surface area contributed by atoms with Gasteiger partial charge >= 0.3 is 0 Å². The van der Waals surface area contributed by atoms with Gasteiger partial charge in [-0.25, -0.2) is 0 Å². The van der Waals surface area contributed by atoms with E-state index in [1.807, 2.05) is 0 Å². The molecule has 1 aliphatic heterocycles. The van der Waals surface area contributed by atoms with Gasteiger partial charge in [0.05, 0.1) is 5.03 Å². The molecule has 0 aromatic heterocycles. The van der Waals surface area contributed by atoms with E-state index in [-0.39, 0.29) is 23.9 Å². The van der Waals surface area contributed by atoms with E-state index in [0.717, 1.165) is 0 Å². The van der Waals surface area contributed by atoms with E-state index in [0.29, 0.717) is 5.03 Å². The number of nitrogens with one attached hydrogen (secondary N) is 1. The van der Waals surface area contributed by atoms with Crippen LogP contribution in [0.15, 0.2) is 29.2 Å². The van der Waals surface area contributed by atoms with E-state index in [4.69, 9.17) is 11.6 Å². The van der Waals surface area contributed by atoms with Gasteiger partial charge in [0.1, 0.15) is 0 Å². The van der Waals surface area contributed by atoms with Crippen LogP contribution in [0.5, 0.6) is 0 Å². The topological polar surface area (TPSA) is 12.0 Å². The Morgan fingerprint density at radius 2 is 1.20 bits per heavy atom. The Kier molecular flexibility index (Phi) is 44.6. The minimum absolute atomic E-state index is 0. The number of hydrogen-bond acceptors (Lipinski definition) is 1. The minimum Gasteiger partial charge on any atom is -0.361 e. The number of allylic oxidation sites excluding steroid dienone is 2. The van der Waals surface area contributed by atoms with E-state index >= 15 is 0 Å². The van der Waals surface area contributed by atoms with Gasteiger partial charge in [0, 0.05) is 36.3 Å². The van der Waals surface area contributed by atoms with Crippen molar-refractivity contribution in [2.45, 2.75) is 80.1 Å². The van der Waals surface area contributed by atoms with Crippen LogP contribution in [0.3, 0.4) is 0 Å². The molecule has 4 radical (unpaired) electrons. The summed E-state index contributed by atoms with van der Waals surface area (Å²) in [5.41, 5.74) is 2.74. The fourth-order valence-corrected chi connectivity index (χ4v) is 0.446. The molecule has 1 heterocycles. The van der Waals surface area contributed by atoms with Crippen LogP contribution in [0.2, 0.25) is 0 Å². The van der Waals surface area contributed by atoms with Crippen molar-refractivity contribution in [2.75, 3.05) is 0 Å². The maximum atomic E-state index is 5.46. The first-order chi connectivity index (χ1) is 9.14. The van der Waals surface area contributed by atoms with Crippen LogP contribution in [-0.4, -0.2) is 23.9 Å². The summed E-state index contributed by atoms with van der Waals surface area (Å²) < 4.78 is 0. The van der Waals surface area contributed by atoms with E-state index in [1.165, 1.54) is 38.5 Å². The second-order valence-electron chi connectivity index (χ2n) is 4.14. The summed E-state index contributed by atoms with van der Waals surface area (Å²) in [4.78, 5) is 0. The zero-order chi connectivity index (χ0) is 15.4. The molecular formula is C17H34ClNSn. The van der Waals surface area contributed by atoms with Crippen LogP contribution < -0.4 is 5.32 Å². The molecule has 1 nitrogen and oxygen atoms in total. The summed E-state index contributed by atoms with van der Waals surface area (Å²) in [5, 5.41) is 3.43. The van der Waals surface area contributed by atoms with Crippen LogP contribution >= 0.6 is 11.6 Å².